The Balaban J connectivity index is 1.87. The predicted molar refractivity (Wildman–Crippen MR) is 84.7 cm³/mol. The van der Waals surface area contributed by atoms with Crippen molar-refractivity contribution in [2.24, 2.45) is 5.92 Å². The molecule has 0 radical (unpaired) electrons. The summed E-state index contributed by atoms with van der Waals surface area (Å²) in [6, 6.07) is 5.64. The molecule has 1 N–H and O–H groups in total. The summed E-state index contributed by atoms with van der Waals surface area (Å²) in [5.74, 6) is -2.30. The number of likely N-dealkylation sites (N-methyl/N-ethyl adjacent to an activating group) is 1. The van der Waals surface area contributed by atoms with E-state index in [0.29, 0.717) is 24.9 Å². The number of carboxylic acids is 1. The normalized spacial score (nSPS) is 17.4. The first-order valence-electron chi connectivity index (χ1n) is 7.86. The van der Waals surface area contributed by atoms with Gasteiger partial charge in [-0.05, 0) is 30.5 Å². The zero-order chi connectivity index (χ0) is 17.7. The van der Waals surface area contributed by atoms with E-state index in [0.717, 1.165) is 0 Å². The van der Waals surface area contributed by atoms with Gasteiger partial charge < -0.3 is 14.9 Å². The first kappa shape index (κ1) is 17.9. The third-order valence-corrected chi connectivity index (χ3v) is 4.19. The molecule has 2 amide bonds. The summed E-state index contributed by atoms with van der Waals surface area (Å²) in [5.41, 5.74) is 0.671. The van der Waals surface area contributed by atoms with E-state index < -0.39 is 11.9 Å². The minimum Gasteiger partial charge on any atom is -0.481 e. The molecule has 0 aliphatic carbocycles. The van der Waals surface area contributed by atoms with Crippen molar-refractivity contribution in [1.82, 2.24) is 9.80 Å². The summed E-state index contributed by atoms with van der Waals surface area (Å²) in [6.07, 6.45) is 1.30. The van der Waals surface area contributed by atoms with E-state index in [2.05, 4.69) is 0 Å². The molecule has 1 heterocycles. The Bertz CT molecular complexity index is 618. The zero-order valence-corrected chi connectivity index (χ0v) is 13.6. The number of nitrogens with zero attached hydrogens (tertiary/aromatic N) is 2. The van der Waals surface area contributed by atoms with E-state index in [4.69, 9.17) is 5.11 Å². The molecule has 1 fully saturated rings. The molecule has 1 aliphatic rings. The molecule has 7 heteroatoms. The van der Waals surface area contributed by atoms with E-state index >= 15 is 0 Å². The van der Waals surface area contributed by atoms with Crippen LogP contribution in [0.3, 0.4) is 0 Å². The van der Waals surface area contributed by atoms with Gasteiger partial charge in [-0.1, -0.05) is 12.1 Å². The van der Waals surface area contributed by atoms with Crippen LogP contribution in [0.15, 0.2) is 24.3 Å². The molecule has 1 unspecified atom stereocenters. The maximum Gasteiger partial charge on any atom is 0.308 e. The maximum absolute atomic E-state index is 12.9. The largest absolute Gasteiger partial charge is 0.481 e. The van der Waals surface area contributed by atoms with Crippen molar-refractivity contribution in [2.45, 2.75) is 19.3 Å². The molecule has 1 saturated heterocycles. The second-order valence-electron chi connectivity index (χ2n) is 6.07. The fourth-order valence-electron chi connectivity index (χ4n) is 2.71. The van der Waals surface area contributed by atoms with E-state index in [1.54, 1.807) is 0 Å². The quantitative estimate of drug-likeness (QED) is 0.875. The number of carboxylic acid groups (broad SMARTS) is 1. The number of hydrogen-bond acceptors (Lipinski definition) is 3. The number of benzene rings is 1. The summed E-state index contributed by atoms with van der Waals surface area (Å²) in [4.78, 5) is 38.3. The van der Waals surface area contributed by atoms with Crippen LogP contribution in [-0.2, 0) is 20.8 Å². The molecule has 1 aromatic rings. The van der Waals surface area contributed by atoms with Crippen molar-refractivity contribution in [1.29, 1.82) is 0 Å². The molecule has 0 saturated carbocycles. The molecular formula is C17H21FN2O4. The van der Waals surface area contributed by atoms with Crippen molar-refractivity contribution < 1.29 is 23.9 Å². The number of carbonyl (C=O) groups is 3. The number of hydrogen-bond donors (Lipinski definition) is 1. The third kappa shape index (κ3) is 4.78. The smallest absolute Gasteiger partial charge is 0.308 e. The lowest BCUT2D eigenvalue weighted by molar-refractivity contribution is -0.147. The number of likely N-dealkylation sites (tertiary alicyclic amines) is 1. The molecule has 130 valence electrons. The van der Waals surface area contributed by atoms with Gasteiger partial charge in [-0.15, -0.1) is 0 Å². The molecule has 1 aliphatic heterocycles. The predicted octanol–water partition coefficient (Wildman–Crippen LogP) is 1.15. The van der Waals surface area contributed by atoms with E-state index in [1.807, 2.05) is 0 Å². The summed E-state index contributed by atoms with van der Waals surface area (Å²) >= 11 is 0. The summed E-state index contributed by atoms with van der Waals surface area (Å²) in [5, 5.41) is 9.06. The van der Waals surface area contributed by atoms with E-state index in [9.17, 15) is 18.8 Å². The van der Waals surface area contributed by atoms with E-state index in [1.165, 1.54) is 41.1 Å². The van der Waals surface area contributed by atoms with Crippen molar-refractivity contribution in [3.05, 3.63) is 35.6 Å². The van der Waals surface area contributed by atoms with Gasteiger partial charge in [0.1, 0.15) is 5.82 Å². The van der Waals surface area contributed by atoms with Crippen LogP contribution in [0.2, 0.25) is 0 Å². The van der Waals surface area contributed by atoms with Gasteiger partial charge in [0.25, 0.3) is 0 Å². The number of carbonyl (C=O) groups excluding carboxylic acids is 2. The molecule has 0 aromatic heterocycles. The van der Waals surface area contributed by atoms with Gasteiger partial charge in [0.05, 0.1) is 18.9 Å². The first-order chi connectivity index (χ1) is 11.4. The number of rotatable bonds is 5. The average molecular weight is 336 g/mol. The summed E-state index contributed by atoms with van der Waals surface area (Å²) in [7, 11) is 1.53. The summed E-state index contributed by atoms with van der Waals surface area (Å²) in [6.45, 7) is 0.614. The molecule has 6 nitrogen and oxygen atoms in total. The lowest BCUT2D eigenvalue weighted by Gasteiger charge is -2.32. The van der Waals surface area contributed by atoms with Gasteiger partial charge in [-0.3, -0.25) is 14.4 Å². The Morgan fingerprint density at radius 2 is 1.96 bits per heavy atom. The zero-order valence-electron chi connectivity index (χ0n) is 13.6. The van der Waals surface area contributed by atoms with Crippen LogP contribution in [0, 0.1) is 11.7 Å². The summed E-state index contributed by atoms with van der Waals surface area (Å²) < 4.78 is 12.9. The van der Waals surface area contributed by atoms with Crippen LogP contribution < -0.4 is 0 Å². The minimum atomic E-state index is -0.895. The van der Waals surface area contributed by atoms with Gasteiger partial charge >= 0.3 is 5.97 Å². The first-order valence-corrected chi connectivity index (χ1v) is 7.86. The van der Waals surface area contributed by atoms with Gasteiger partial charge in [-0.25, -0.2) is 4.39 Å². The molecule has 24 heavy (non-hydrogen) atoms. The molecule has 1 atom stereocenters. The van der Waals surface area contributed by atoms with E-state index in [-0.39, 0.29) is 37.1 Å². The number of piperidine rings is 1. The fourth-order valence-corrected chi connectivity index (χ4v) is 2.71. The van der Waals surface area contributed by atoms with Gasteiger partial charge in [-0.2, -0.15) is 0 Å². The highest BCUT2D eigenvalue weighted by atomic mass is 19.1. The van der Waals surface area contributed by atoms with Gasteiger partial charge in [0.15, 0.2) is 0 Å². The highest BCUT2D eigenvalue weighted by Gasteiger charge is 2.28. The number of aliphatic carboxylic acids is 1. The lowest BCUT2D eigenvalue weighted by atomic mass is 9.98. The Hall–Kier alpha value is -2.44. The highest BCUT2D eigenvalue weighted by molar-refractivity contribution is 5.86. The van der Waals surface area contributed by atoms with Crippen LogP contribution in [0.4, 0.5) is 4.39 Å². The van der Waals surface area contributed by atoms with Gasteiger partial charge in [0, 0.05) is 20.1 Å². The maximum atomic E-state index is 12.9. The Kier molecular flexibility index (Phi) is 5.89. The standard InChI is InChI=1S/C17H21FN2O4/c1-19(15(21)9-12-4-6-14(18)7-5-12)11-16(22)20-8-2-3-13(10-20)17(23)24/h4-7,13H,2-3,8-11H2,1H3,(H,23,24). The molecule has 0 spiro atoms. The molecule has 0 bridgehead atoms. The highest BCUT2D eigenvalue weighted by Crippen LogP contribution is 2.17. The fraction of sp³-hybridized carbons (Fsp3) is 0.471. The Labute approximate surface area is 139 Å². The SMILES string of the molecule is CN(CC(=O)N1CCCC(C(=O)O)C1)C(=O)Cc1ccc(F)cc1. The average Bonchev–Trinajstić information content (AvgIpc) is 2.56. The van der Waals surface area contributed by atoms with Crippen LogP contribution in [0.5, 0.6) is 0 Å². The number of halogens is 1. The molecule has 1 aromatic carbocycles. The van der Waals surface area contributed by atoms with Crippen LogP contribution in [0.1, 0.15) is 18.4 Å². The monoisotopic (exact) mass is 336 g/mol. The van der Waals surface area contributed by atoms with Gasteiger partial charge in [0.2, 0.25) is 11.8 Å². The van der Waals surface area contributed by atoms with Crippen molar-refractivity contribution in [2.75, 3.05) is 26.7 Å². The van der Waals surface area contributed by atoms with Crippen LogP contribution in [0.25, 0.3) is 0 Å². The Morgan fingerprint density at radius 3 is 2.58 bits per heavy atom. The van der Waals surface area contributed by atoms with Crippen molar-refractivity contribution >= 4 is 17.8 Å². The number of amides is 2. The second-order valence-corrected chi connectivity index (χ2v) is 6.07. The molecule has 2 rings (SSSR count). The van der Waals surface area contributed by atoms with Crippen molar-refractivity contribution in [3.8, 4) is 0 Å². The van der Waals surface area contributed by atoms with Crippen molar-refractivity contribution in [3.63, 3.8) is 0 Å². The topological polar surface area (TPSA) is 77.9 Å². The minimum absolute atomic E-state index is 0.0851. The third-order valence-electron chi connectivity index (χ3n) is 4.19. The van der Waals surface area contributed by atoms with Crippen LogP contribution >= 0.6 is 0 Å². The molecular weight excluding hydrogens is 315 g/mol. The lowest BCUT2D eigenvalue weighted by Crippen LogP contribution is -2.47. The second kappa shape index (κ2) is 7.90. The Morgan fingerprint density at radius 1 is 1.29 bits per heavy atom. The van der Waals surface area contributed by atoms with Crippen LogP contribution in [-0.4, -0.2) is 59.4 Å².